The van der Waals surface area contributed by atoms with Crippen molar-refractivity contribution in [3.05, 3.63) is 101 Å². The molecule has 134 valence electrons. The van der Waals surface area contributed by atoms with Crippen LogP contribution in [0.3, 0.4) is 0 Å². The molecule has 0 saturated heterocycles. The Kier molecular flexibility index (Phi) is 4.42. The van der Waals surface area contributed by atoms with Crippen molar-refractivity contribution in [3.8, 4) is 0 Å². The molecule has 4 nitrogen and oxygen atoms in total. The van der Waals surface area contributed by atoms with Crippen LogP contribution in [-0.2, 0) is 0 Å². The van der Waals surface area contributed by atoms with Crippen molar-refractivity contribution in [2.24, 2.45) is 0 Å². The van der Waals surface area contributed by atoms with E-state index in [-0.39, 0.29) is 11.9 Å². The van der Waals surface area contributed by atoms with Crippen LogP contribution in [0.25, 0.3) is 11.0 Å². The molecule has 1 aromatic heterocycles. The van der Waals surface area contributed by atoms with E-state index in [4.69, 9.17) is 0 Å². The summed E-state index contributed by atoms with van der Waals surface area (Å²) in [5, 5.41) is 3.03. The Morgan fingerprint density at radius 3 is 2.63 bits per heavy atom. The molecule has 0 unspecified atom stereocenters. The highest BCUT2D eigenvalue weighted by atomic mass is 19.1. The SMILES string of the molecule is Cc1ccc(C(=O)N[C@@H](c2ccccc2)c2ccc3nc[nH]c3c2)cc1F. The molecular weight excluding hydrogens is 341 g/mol. The number of carbonyl (C=O) groups excluding carboxylic acids is 1. The monoisotopic (exact) mass is 359 g/mol. The van der Waals surface area contributed by atoms with E-state index >= 15 is 0 Å². The zero-order chi connectivity index (χ0) is 18.8. The third kappa shape index (κ3) is 3.44. The van der Waals surface area contributed by atoms with Gasteiger partial charge in [-0.2, -0.15) is 0 Å². The van der Waals surface area contributed by atoms with Crippen molar-refractivity contribution in [1.29, 1.82) is 0 Å². The number of rotatable bonds is 4. The average Bonchev–Trinajstić information content (AvgIpc) is 3.16. The summed E-state index contributed by atoms with van der Waals surface area (Å²) in [6.45, 7) is 1.67. The number of fused-ring (bicyclic) bond motifs is 1. The molecule has 3 aromatic carbocycles. The fraction of sp³-hybridized carbons (Fsp3) is 0.0909. The van der Waals surface area contributed by atoms with Gasteiger partial charge in [-0.3, -0.25) is 4.79 Å². The molecule has 1 heterocycles. The van der Waals surface area contributed by atoms with Gasteiger partial charge in [0.15, 0.2) is 0 Å². The van der Waals surface area contributed by atoms with Crippen molar-refractivity contribution in [2.75, 3.05) is 0 Å². The summed E-state index contributed by atoms with van der Waals surface area (Å²) in [6, 6.07) is 19.7. The van der Waals surface area contributed by atoms with Crippen LogP contribution in [-0.4, -0.2) is 15.9 Å². The van der Waals surface area contributed by atoms with Gasteiger partial charge in [-0.1, -0.05) is 42.5 Å². The number of nitrogens with one attached hydrogen (secondary N) is 2. The molecule has 5 heteroatoms. The highest BCUT2D eigenvalue weighted by molar-refractivity contribution is 5.94. The number of nitrogens with zero attached hydrogens (tertiary/aromatic N) is 1. The lowest BCUT2D eigenvalue weighted by Crippen LogP contribution is -2.29. The number of amides is 1. The first-order chi connectivity index (χ1) is 13.1. The molecule has 0 aliphatic heterocycles. The third-order valence-corrected chi connectivity index (χ3v) is 4.62. The van der Waals surface area contributed by atoms with E-state index < -0.39 is 5.82 Å². The molecule has 27 heavy (non-hydrogen) atoms. The molecule has 2 N–H and O–H groups in total. The molecule has 1 amide bonds. The Morgan fingerprint density at radius 2 is 1.85 bits per heavy atom. The molecule has 0 aliphatic carbocycles. The van der Waals surface area contributed by atoms with Gasteiger partial charge in [0.2, 0.25) is 0 Å². The molecule has 0 spiro atoms. The first kappa shape index (κ1) is 17.0. The largest absolute Gasteiger partial charge is 0.345 e. The maximum Gasteiger partial charge on any atom is 0.252 e. The van der Waals surface area contributed by atoms with Crippen LogP contribution in [0.5, 0.6) is 0 Å². The second kappa shape index (κ2) is 7.03. The maximum absolute atomic E-state index is 13.9. The number of aromatic nitrogens is 2. The van der Waals surface area contributed by atoms with Gasteiger partial charge in [-0.15, -0.1) is 0 Å². The van der Waals surface area contributed by atoms with E-state index in [1.807, 2.05) is 48.5 Å². The minimum absolute atomic E-state index is 0.293. The summed E-state index contributed by atoms with van der Waals surface area (Å²) in [7, 11) is 0. The minimum Gasteiger partial charge on any atom is -0.345 e. The smallest absolute Gasteiger partial charge is 0.252 e. The number of carbonyl (C=O) groups is 1. The molecule has 4 rings (SSSR count). The van der Waals surface area contributed by atoms with Crippen LogP contribution in [0, 0.1) is 12.7 Å². The zero-order valence-electron chi connectivity index (χ0n) is 14.7. The first-order valence-corrected chi connectivity index (χ1v) is 8.67. The lowest BCUT2D eigenvalue weighted by atomic mass is 9.97. The van der Waals surface area contributed by atoms with Gasteiger partial charge in [-0.05, 0) is 47.9 Å². The minimum atomic E-state index is -0.391. The standard InChI is InChI=1S/C22H18FN3O/c1-14-7-8-17(11-18(14)23)22(27)26-21(15-5-3-2-4-6-15)16-9-10-19-20(12-16)25-13-24-19/h2-13,21H,1H3,(H,24,25)(H,26,27)/t21-/m0/s1. The second-order valence-electron chi connectivity index (χ2n) is 6.46. The molecule has 0 bridgehead atoms. The van der Waals surface area contributed by atoms with Crippen molar-refractivity contribution in [1.82, 2.24) is 15.3 Å². The quantitative estimate of drug-likeness (QED) is 0.562. The van der Waals surface area contributed by atoms with Crippen LogP contribution in [0.2, 0.25) is 0 Å². The fourth-order valence-corrected chi connectivity index (χ4v) is 3.09. The molecular formula is C22H18FN3O. The number of aryl methyl sites for hydroxylation is 1. The molecule has 0 saturated carbocycles. The summed E-state index contributed by atoms with van der Waals surface area (Å²) in [4.78, 5) is 20.1. The van der Waals surface area contributed by atoms with Crippen LogP contribution in [0.1, 0.15) is 33.1 Å². The number of hydrogen-bond acceptors (Lipinski definition) is 2. The Labute approximate surface area is 156 Å². The maximum atomic E-state index is 13.9. The van der Waals surface area contributed by atoms with Gasteiger partial charge < -0.3 is 10.3 Å². The fourth-order valence-electron chi connectivity index (χ4n) is 3.09. The Bertz CT molecular complexity index is 1100. The van der Waals surface area contributed by atoms with Crippen LogP contribution < -0.4 is 5.32 Å². The predicted molar refractivity (Wildman–Crippen MR) is 103 cm³/mol. The summed E-state index contributed by atoms with van der Waals surface area (Å²) in [5.41, 5.74) is 4.41. The number of imidazole rings is 1. The highest BCUT2D eigenvalue weighted by Gasteiger charge is 2.19. The van der Waals surface area contributed by atoms with Crippen molar-refractivity contribution in [3.63, 3.8) is 0 Å². The van der Waals surface area contributed by atoms with Crippen LogP contribution >= 0.6 is 0 Å². The zero-order valence-corrected chi connectivity index (χ0v) is 14.7. The molecule has 0 aliphatic rings. The van der Waals surface area contributed by atoms with Gasteiger partial charge in [0.05, 0.1) is 23.4 Å². The van der Waals surface area contributed by atoms with E-state index in [9.17, 15) is 9.18 Å². The van der Waals surface area contributed by atoms with E-state index in [1.165, 1.54) is 6.07 Å². The topological polar surface area (TPSA) is 57.8 Å². The van der Waals surface area contributed by atoms with E-state index in [0.717, 1.165) is 22.2 Å². The van der Waals surface area contributed by atoms with Crippen molar-refractivity contribution < 1.29 is 9.18 Å². The molecule has 4 aromatic rings. The number of H-pyrrole nitrogens is 1. The number of halogens is 1. The van der Waals surface area contributed by atoms with E-state index in [1.54, 1.807) is 25.4 Å². The van der Waals surface area contributed by atoms with Gasteiger partial charge in [0, 0.05) is 5.56 Å². The van der Waals surface area contributed by atoms with Gasteiger partial charge in [0.25, 0.3) is 5.91 Å². The van der Waals surface area contributed by atoms with Gasteiger partial charge in [0.1, 0.15) is 5.82 Å². The van der Waals surface area contributed by atoms with Crippen molar-refractivity contribution in [2.45, 2.75) is 13.0 Å². The number of aromatic amines is 1. The molecule has 1 atom stereocenters. The number of benzene rings is 3. The Hall–Kier alpha value is -3.47. The van der Waals surface area contributed by atoms with Crippen LogP contribution in [0.15, 0.2) is 73.1 Å². The highest BCUT2D eigenvalue weighted by Crippen LogP contribution is 2.25. The second-order valence-corrected chi connectivity index (χ2v) is 6.46. The number of hydrogen-bond donors (Lipinski definition) is 2. The van der Waals surface area contributed by atoms with Crippen LogP contribution in [0.4, 0.5) is 4.39 Å². The van der Waals surface area contributed by atoms with E-state index in [2.05, 4.69) is 15.3 Å². The normalized spacial score (nSPS) is 12.1. The average molecular weight is 359 g/mol. The summed E-state index contributed by atoms with van der Waals surface area (Å²) >= 11 is 0. The van der Waals surface area contributed by atoms with E-state index in [0.29, 0.717) is 11.1 Å². The molecule has 0 fully saturated rings. The summed E-state index contributed by atoms with van der Waals surface area (Å²) in [6.07, 6.45) is 1.64. The van der Waals surface area contributed by atoms with Gasteiger partial charge >= 0.3 is 0 Å². The predicted octanol–water partition coefficient (Wildman–Crippen LogP) is 4.53. The summed E-state index contributed by atoms with van der Waals surface area (Å²) in [5.74, 6) is -0.717. The Balaban J connectivity index is 1.71. The van der Waals surface area contributed by atoms with Gasteiger partial charge in [-0.25, -0.2) is 9.37 Å². The van der Waals surface area contributed by atoms with Crippen molar-refractivity contribution >= 4 is 16.9 Å². The Morgan fingerprint density at radius 1 is 1.04 bits per heavy atom. The lowest BCUT2D eigenvalue weighted by Gasteiger charge is -2.20. The lowest BCUT2D eigenvalue weighted by molar-refractivity contribution is 0.0942. The first-order valence-electron chi connectivity index (χ1n) is 8.67. The molecule has 0 radical (unpaired) electrons. The third-order valence-electron chi connectivity index (χ3n) is 4.62. The summed E-state index contributed by atoms with van der Waals surface area (Å²) < 4.78 is 13.9.